The van der Waals surface area contributed by atoms with Gasteiger partial charge in [-0.3, -0.25) is 0 Å². The van der Waals surface area contributed by atoms with E-state index in [9.17, 15) is 9.90 Å². The average molecular weight is 225 g/mol. The van der Waals surface area contributed by atoms with Crippen LogP contribution in [0.1, 0.15) is 11.7 Å². The van der Waals surface area contributed by atoms with Crippen molar-refractivity contribution >= 4 is 21.6 Å². The van der Waals surface area contributed by atoms with Crippen molar-refractivity contribution in [3.63, 3.8) is 0 Å². The quantitative estimate of drug-likeness (QED) is 0.821. The maximum absolute atomic E-state index is 11.1. The number of para-hydroxylation sites is 1. The zero-order valence-corrected chi connectivity index (χ0v) is 9.00. The molecular weight excluding hydrogens is 214 g/mol. The molecule has 0 aliphatic heterocycles. The SMILES string of the molecule is CNCC(O)c1cccc2sc(=O)oc12. The summed E-state index contributed by atoms with van der Waals surface area (Å²) in [5.41, 5.74) is 1.15. The van der Waals surface area contributed by atoms with Gasteiger partial charge < -0.3 is 14.8 Å². The molecule has 0 spiro atoms. The first kappa shape index (κ1) is 10.4. The molecular formula is C10H11NO3S. The number of hydrogen-bond donors (Lipinski definition) is 2. The highest BCUT2D eigenvalue weighted by atomic mass is 32.1. The summed E-state index contributed by atoms with van der Waals surface area (Å²) in [5, 5.41) is 12.7. The molecule has 2 aromatic rings. The molecule has 0 radical (unpaired) electrons. The summed E-state index contributed by atoms with van der Waals surface area (Å²) in [4.78, 5) is 10.7. The number of hydrogen-bond acceptors (Lipinski definition) is 5. The van der Waals surface area contributed by atoms with Crippen LogP contribution < -0.4 is 10.3 Å². The lowest BCUT2D eigenvalue weighted by atomic mass is 10.1. The van der Waals surface area contributed by atoms with Crippen LogP contribution in [-0.4, -0.2) is 18.7 Å². The average Bonchev–Trinajstić information content (AvgIpc) is 2.57. The van der Waals surface area contributed by atoms with Gasteiger partial charge in [0.2, 0.25) is 0 Å². The first-order valence-corrected chi connectivity index (χ1v) is 5.39. The van der Waals surface area contributed by atoms with E-state index in [0.29, 0.717) is 17.7 Å². The van der Waals surface area contributed by atoms with Crippen molar-refractivity contribution in [2.75, 3.05) is 13.6 Å². The molecule has 0 saturated heterocycles. The first-order chi connectivity index (χ1) is 7.22. The Hall–Kier alpha value is -1.17. The van der Waals surface area contributed by atoms with Crippen LogP contribution in [0.15, 0.2) is 27.4 Å². The topological polar surface area (TPSA) is 62.5 Å². The minimum Gasteiger partial charge on any atom is -0.414 e. The van der Waals surface area contributed by atoms with E-state index in [-0.39, 0.29) is 4.94 Å². The summed E-state index contributed by atoms with van der Waals surface area (Å²) in [6.45, 7) is 0.429. The maximum Gasteiger partial charge on any atom is 0.396 e. The van der Waals surface area contributed by atoms with Gasteiger partial charge >= 0.3 is 4.94 Å². The van der Waals surface area contributed by atoms with Gasteiger partial charge in [0.15, 0.2) is 5.58 Å². The Morgan fingerprint density at radius 3 is 3.13 bits per heavy atom. The van der Waals surface area contributed by atoms with E-state index in [2.05, 4.69) is 5.32 Å². The van der Waals surface area contributed by atoms with Gasteiger partial charge in [0.1, 0.15) is 0 Å². The second-order valence-corrected chi connectivity index (χ2v) is 4.18. The van der Waals surface area contributed by atoms with E-state index in [4.69, 9.17) is 4.42 Å². The fourth-order valence-corrected chi connectivity index (χ4v) is 2.19. The number of nitrogens with one attached hydrogen (secondary N) is 1. The molecule has 0 amide bonds. The molecule has 80 valence electrons. The van der Waals surface area contributed by atoms with Crippen molar-refractivity contribution < 1.29 is 9.52 Å². The van der Waals surface area contributed by atoms with Gasteiger partial charge in [-0.25, -0.2) is 4.79 Å². The Bertz CT molecular complexity index is 517. The summed E-state index contributed by atoms with van der Waals surface area (Å²) in [7, 11) is 1.76. The Kier molecular flexibility index (Phi) is 2.86. The molecule has 1 aromatic heterocycles. The summed E-state index contributed by atoms with van der Waals surface area (Å²) in [5.74, 6) is 0. The molecule has 0 aliphatic carbocycles. The molecule has 0 bridgehead atoms. The fourth-order valence-electron chi connectivity index (χ4n) is 1.48. The van der Waals surface area contributed by atoms with Crippen molar-refractivity contribution in [2.24, 2.45) is 0 Å². The van der Waals surface area contributed by atoms with E-state index >= 15 is 0 Å². The molecule has 4 nitrogen and oxygen atoms in total. The van der Waals surface area contributed by atoms with Crippen LogP contribution in [0.5, 0.6) is 0 Å². The summed E-state index contributed by atoms with van der Waals surface area (Å²) >= 11 is 1.05. The highest BCUT2D eigenvalue weighted by molar-refractivity contribution is 7.16. The molecule has 0 aliphatic rings. The van der Waals surface area contributed by atoms with E-state index in [1.807, 2.05) is 6.07 Å². The third-order valence-corrected chi connectivity index (χ3v) is 2.94. The molecule has 2 rings (SSSR count). The molecule has 1 aromatic carbocycles. The maximum atomic E-state index is 11.1. The van der Waals surface area contributed by atoms with Crippen LogP contribution in [0.3, 0.4) is 0 Å². The highest BCUT2D eigenvalue weighted by Gasteiger charge is 2.13. The molecule has 1 heterocycles. The Balaban J connectivity index is 2.54. The number of aliphatic hydroxyl groups excluding tert-OH is 1. The van der Waals surface area contributed by atoms with Gasteiger partial charge in [0, 0.05) is 12.1 Å². The molecule has 0 fully saturated rings. The number of aliphatic hydroxyl groups is 1. The zero-order chi connectivity index (χ0) is 10.8. The molecule has 1 unspecified atom stereocenters. The second kappa shape index (κ2) is 4.14. The normalized spacial score (nSPS) is 13.2. The largest absolute Gasteiger partial charge is 0.414 e. The van der Waals surface area contributed by atoms with Crippen LogP contribution in [0.2, 0.25) is 0 Å². The molecule has 2 N–H and O–H groups in total. The Labute approximate surface area is 90.2 Å². The summed E-state index contributed by atoms with van der Waals surface area (Å²) in [6, 6.07) is 5.38. The van der Waals surface area contributed by atoms with Crippen molar-refractivity contribution in [1.82, 2.24) is 5.32 Å². The van der Waals surface area contributed by atoms with E-state index in [0.717, 1.165) is 16.0 Å². The molecule has 1 atom stereocenters. The van der Waals surface area contributed by atoms with Crippen LogP contribution >= 0.6 is 11.3 Å². The van der Waals surface area contributed by atoms with E-state index in [1.165, 1.54) is 0 Å². The van der Waals surface area contributed by atoms with Gasteiger partial charge in [-0.2, -0.15) is 0 Å². The third-order valence-electron chi connectivity index (χ3n) is 2.14. The van der Waals surface area contributed by atoms with Crippen molar-refractivity contribution in [3.05, 3.63) is 33.5 Å². The minimum absolute atomic E-state index is 0.339. The van der Waals surface area contributed by atoms with Gasteiger partial charge in [-0.05, 0) is 13.1 Å². The third kappa shape index (κ3) is 1.94. The molecule has 0 saturated carbocycles. The Morgan fingerprint density at radius 1 is 1.60 bits per heavy atom. The lowest BCUT2D eigenvalue weighted by molar-refractivity contribution is 0.178. The number of benzene rings is 1. The summed E-state index contributed by atoms with van der Waals surface area (Å²) < 4.78 is 5.81. The van der Waals surface area contributed by atoms with Gasteiger partial charge in [-0.15, -0.1) is 0 Å². The van der Waals surface area contributed by atoms with Gasteiger partial charge in [0.05, 0.1) is 10.8 Å². The number of likely N-dealkylation sites (N-methyl/N-ethyl adjacent to an activating group) is 1. The van der Waals surface area contributed by atoms with Crippen LogP contribution in [-0.2, 0) is 0 Å². The van der Waals surface area contributed by atoms with Crippen LogP contribution in [0, 0.1) is 0 Å². The van der Waals surface area contributed by atoms with Crippen molar-refractivity contribution in [3.8, 4) is 0 Å². The standard InChI is InChI=1S/C10H11NO3S/c1-11-5-7(12)6-3-2-4-8-9(6)14-10(13)15-8/h2-4,7,11-12H,5H2,1H3. The van der Waals surface area contributed by atoms with Crippen molar-refractivity contribution in [2.45, 2.75) is 6.10 Å². The summed E-state index contributed by atoms with van der Waals surface area (Å²) in [6.07, 6.45) is -0.656. The Morgan fingerprint density at radius 2 is 2.40 bits per heavy atom. The second-order valence-electron chi connectivity index (χ2n) is 3.20. The highest BCUT2D eigenvalue weighted by Crippen LogP contribution is 2.25. The molecule has 15 heavy (non-hydrogen) atoms. The fraction of sp³-hybridized carbons (Fsp3) is 0.300. The number of fused-ring (bicyclic) bond motifs is 1. The lowest BCUT2D eigenvalue weighted by Gasteiger charge is -2.09. The predicted octanol–water partition coefficient (Wildman–Crippen LogP) is 1.11. The zero-order valence-electron chi connectivity index (χ0n) is 8.19. The smallest absolute Gasteiger partial charge is 0.396 e. The van der Waals surface area contributed by atoms with Crippen LogP contribution in [0.4, 0.5) is 0 Å². The first-order valence-electron chi connectivity index (χ1n) is 4.57. The van der Waals surface area contributed by atoms with Gasteiger partial charge in [-0.1, -0.05) is 23.5 Å². The number of rotatable bonds is 3. The van der Waals surface area contributed by atoms with E-state index < -0.39 is 6.10 Å². The minimum atomic E-state index is -0.656. The molecule has 5 heteroatoms. The monoisotopic (exact) mass is 225 g/mol. The van der Waals surface area contributed by atoms with E-state index in [1.54, 1.807) is 19.2 Å². The van der Waals surface area contributed by atoms with Gasteiger partial charge in [0.25, 0.3) is 0 Å². The predicted molar refractivity (Wildman–Crippen MR) is 59.2 cm³/mol. The van der Waals surface area contributed by atoms with Crippen molar-refractivity contribution in [1.29, 1.82) is 0 Å². The lowest BCUT2D eigenvalue weighted by Crippen LogP contribution is -2.16. The van der Waals surface area contributed by atoms with Crippen LogP contribution in [0.25, 0.3) is 10.3 Å².